The van der Waals surface area contributed by atoms with Crippen molar-refractivity contribution < 1.29 is 19.4 Å². The maximum Gasteiger partial charge on any atom is 0.335 e. The number of nitrogens with two attached hydrogens (primary N) is 1. The van der Waals surface area contributed by atoms with E-state index in [4.69, 9.17) is 15.6 Å². The molecule has 0 aromatic heterocycles. The van der Waals surface area contributed by atoms with Crippen LogP contribution in [0.2, 0.25) is 0 Å². The van der Waals surface area contributed by atoms with Gasteiger partial charge in [-0.25, -0.2) is 4.79 Å². The molecule has 0 aliphatic rings. The van der Waals surface area contributed by atoms with Crippen LogP contribution in [0.15, 0.2) is 18.2 Å². The summed E-state index contributed by atoms with van der Waals surface area (Å²) in [5.74, 6) is -1.10. The quantitative estimate of drug-likeness (QED) is 0.586. The van der Waals surface area contributed by atoms with Gasteiger partial charge in [-0.3, -0.25) is 4.79 Å². The van der Waals surface area contributed by atoms with E-state index in [1.54, 1.807) is 18.1 Å². The van der Waals surface area contributed by atoms with E-state index in [2.05, 4.69) is 0 Å². The van der Waals surface area contributed by atoms with Gasteiger partial charge in [0.15, 0.2) is 0 Å². The van der Waals surface area contributed by atoms with Gasteiger partial charge in [0, 0.05) is 26.7 Å². The van der Waals surface area contributed by atoms with Crippen LogP contribution in [0, 0.1) is 0 Å². The van der Waals surface area contributed by atoms with E-state index in [0.29, 0.717) is 31.7 Å². The number of methoxy groups -OCH3 is 1. The van der Waals surface area contributed by atoms with Crippen molar-refractivity contribution in [3.63, 3.8) is 0 Å². The molecule has 1 aromatic carbocycles. The summed E-state index contributed by atoms with van der Waals surface area (Å²) in [6, 6.07) is 4.37. The molecule has 0 radical (unpaired) electrons. The van der Waals surface area contributed by atoms with Crippen LogP contribution in [0.4, 0.5) is 11.4 Å². The molecule has 6 heteroatoms. The van der Waals surface area contributed by atoms with Crippen molar-refractivity contribution >= 4 is 23.3 Å². The molecule has 3 N–H and O–H groups in total. The predicted octanol–water partition coefficient (Wildman–Crippen LogP) is 1.75. The first-order chi connectivity index (χ1) is 9.51. The van der Waals surface area contributed by atoms with Crippen molar-refractivity contribution in [1.82, 2.24) is 0 Å². The van der Waals surface area contributed by atoms with Crippen LogP contribution >= 0.6 is 0 Å². The van der Waals surface area contributed by atoms with E-state index in [9.17, 15) is 9.59 Å². The van der Waals surface area contributed by atoms with Gasteiger partial charge in [-0.1, -0.05) is 0 Å². The molecule has 0 saturated carbocycles. The largest absolute Gasteiger partial charge is 0.478 e. The van der Waals surface area contributed by atoms with E-state index >= 15 is 0 Å². The molecule has 110 valence electrons. The number of rotatable bonds is 7. The van der Waals surface area contributed by atoms with Gasteiger partial charge in [0.1, 0.15) is 0 Å². The number of hydrogen-bond donors (Lipinski definition) is 2. The van der Waals surface area contributed by atoms with Gasteiger partial charge in [0.2, 0.25) is 5.91 Å². The Morgan fingerprint density at radius 2 is 2.10 bits per heavy atom. The Morgan fingerprint density at radius 3 is 2.60 bits per heavy atom. The van der Waals surface area contributed by atoms with Crippen molar-refractivity contribution in [2.75, 3.05) is 30.9 Å². The first-order valence-corrected chi connectivity index (χ1v) is 6.43. The van der Waals surface area contributed by atoms with Crippen LogP contribution in [-0.2, 0) is 9.53 Å². The lowest BCUT2D eigenvalue weighted by molar-refractivity contribution is -0.118. The van der Waals surface area contributed by atoms with Crippen LogP contribution in [0.1, 0.15) is 30.1 Å². The van der Waals surface area contributed by atoms with Crippen molar-refractivity contribution in [3.05, 3.63) is 23.8 Å². The number of ether oxygens (including phenoxy) is 1. The Hall–Kier alpha value is -2.08. The third-order valence-electron chi connectivity index (χ3n) is 2.92. The maximum atomic E-state index is 12.1. The van der Waals surface area contributed by atoms with E-state index in [1.807, 2.05) is 6.92 Å². The van der Waals surface area contributed by atoms with E-state index in [1.165, 1.54) is 12.1 Å². The lowest BCUT2D eigenvalue weighted by Gasteiger charge is -2.23. The Kier molecular flexibility index (Phi) is 5.99. The van der Waals surface area contributed by atoms with E-state index < -0.39 is 5.97 Å². The average Bonchev–Trinajstić information content (AvgIpc) is 2.41. The molecule has 0 aliphatic heterocycles. The van der Waals surface area contributed by atoms with Gasteiger partial charge >= 0.3 is 5.97 Å². The molecule has 0 saturated heterocycles. The highest BCUT2D eigenvalue weighted by molar-refractivity contribution is 5.98. The number of amides is 1. The Labute approximate surface area is 118 Å². The minimum absolute atomic E-state index is 0.0562. The van der Waals surface area contributed by atoms with Crippen LogP contribution in [0.3, 0.4) is 0 Å². The number of carboxylic acid groups (broad SMARTS) is 1. The molecule has 1 aromatic rings. The van der Waals surface area contributed by atoms with Crippen molar-refractivity contribution in [3.8, 4) is 0 Å². The van der Waals surface area contributed by atoms with Gasteiger partial charge < -0.3 is 20.5 Å². The van der Waals surface area contributed by atoms with Gasteiger partial charge in [0.25, 0.3) is 0 Å². The van der Waals surface area contributed by atoms with Crippen LogP contribution in [0.25, 0.3) is 0 Å². The minimum atomic E-state index is -1.04. The zero-order chi connectivity index (χ0) is 15.1. The fourth-order valence-electron chi connectivity index (χ4n) is 1.92. The molecule has 0 atom stereocenters. The van der Waals surface area contributed by atoms with Crippen LogP contribution < -0.4 is 10.6 Å². The topological polar surface area (TPSA) is 92.9 Å². The third kappa shape index (κ3) is 3.96. The van der Waals surface area contributed by atoms with Gasteiger partial charge in [-0.2, -0.15) is 0 Å². The highest BCUT2D eigenvalue weighted by Crippen LogP contribution is 2.25. The number of nitrogens with zero attached hydrogens (tertiary/aromatic N) is 1. The molecule has 0 aliphatic carbocycles. The second-order valence-electron chi connectivity index (χ2n) is 4.31. The number of anilines is 2. The standard InChI is InChI=1S/C14H20N2O4/c1-3-16(13(17)5-4-8-20-2)12-7-6-10(14(18)19)9-11(12)15/h6-7,9H,3-5,8,15H2,1-2H3,(H,18,19). The summed E-state index contributed by atoms with van der Waals surface area (Å²) in [7, 11) is 1.59. The molecule has 0 fully saturated rings. The summed E-state index contributed by atoms with van der Waals surface area (Å²) in [6.07, 6.45) is 1.00. The maximum absolute atomic E-state index is 12.1. The number of carbonyl (C=O) groups is 2. The molecule has 1 amide bonds. The van der Waals surface area contributed by atoms with Crippen LogP contribution in [-0.4, -0.2) is 37.2 Å². The smallest absolute Gasteiger partial charge is 0.335 e. The average molecular weight is 280 g/mol. The molecule has 0 unspecified atom stereocenters. The lowest BCUT2D eigenvalue weighted by atomic mass is 10.1. The highest BCUT2D eigenvalue weighted by Gasteiger charge is 2.17. The number of benzene rings is 1. The Balaban J connectivity index is 2.89. The molecule has 1 rings (SSSR count). The molecule has 0 spiro atoms. The summed E-state index contributed by atoms with van der Waals surface area (Å²) in [5.41, 5.74) is 6.78. The van der Waals surface area contributed by atoms with Crippen LogP contribution in [0.5, 0.6) is 0 Å². The molecule has 20 heavy (non-hydrogen) atoms. The fraction of sp³-hybridized carbons (Fsp3) is 0.429. The summed E-state index contributed by atoms with van der Waals surface area (Å²) >= 11 is 0. The first kappa shape index (κ1) is 16.0. The number of carbonyl (C=O) groups excluding carboxylic acids is 1. The summed E-state index contributed by atoms with van der Waals surface area (Å²) in [6.45, 7) is 2.85. The molecule has 0 bridgehead atoms. The summed E-state index contributed by atoms with van der Waals surface area (Å²) < 4.78 is 4.92. The van der Waals surface area contributed by atoms with E-state index in [-0.39, 0.29) is 17.2 Å². The van der Waals surface area contributed by atoms with E-state index in [0.717, 1.165) is 0 Å². The zero-order valence-corrected chi connectivity index (χ0v) is 11.8. The number of aromatic carboxylic acids is 1. The highest BCUT2D eigenvalue weighted by atomic mass is 16.5. The normalized spacial score (nSPS) is 10.3. The Morgan fingerprint density at radius 1 is 1.40 bits per heavy atom. The monoisotopic (exact) mass is 280 g/mol. The van der Waals surface area contributed by atoms with Crippen molar-refractivity contribution in [1.29, 1.82) is 0 Å². The van der Waals surface area contributed by atoms with Crippen molar-refractivity contribution in [2.24, 2.45) is 0 Å². The molecular weight excluding hydrogens is 260 g/mol. The lowest BCUT2D eigenvalue weighted by Crippen LogP contribution is -2.31. The SMILES string of the molecule is CCN(C(=O)CCCOC)c1ccc(C(=O)O)cc1N. The predicted molar refractivity (Wildman–Crippen MR) is 77.0 cm³/mol. The fourth-order valence-corrected chi connectivity index (χ4v) is 1.92. The number of hydrogen-bond acceptors (Lipinski definition) is 4. The Bertz CT molecular complexity index is 488. The molecule has 6 nitrogen and oxygen atoms in total. The second kappa shape index (κ2) is 7.49. The number of carboxylic acids is 1. The zero-order valence-electron chi connectivity index (χ0n) is 11.8. The summed E-state index contributed by atoms with van der Waals surface area (Å²) in [5, 5.41) is 8.90. The second-order valence-corrected chi connectivity index (χ2v) is 4.31. The van der Waals surface area contributed by atoms with Gasteiger partial charge in [-0.05, 0) is 31.5 Å². The van der Waals surface area contributed by atoms with Gasteiger partial charge in [-0.15, -0.1) is 0 Å². The molecular formula is C14H20N2O4. The number of nitrogen functional groups attached to an aromatic ring is 1. The van der Waals surface area contributed by atoms with Crippen molar-refractivity contribution in [2.45, 2.75) is 19.8 Å². The molecule has 0 heterocycles. The minimum Gasteiger partial charge on any atom is -0.478 e. The summed E-state index contributed by atoms with van der Waals surface area (Å²) in [4.78, 5) is 24.5. The third-order valence-corrected chi connectivity index (χ3v) is 2.92. The first-order valence-electron chi connectivity index (χ1n) is 6.43. The van der Waals surface area contributed by atoms with Gasteiger partial charge in [0.05, 0.1) is 16.9 Å².